The number of benzene rings is 1. The first kappa shape index (κ1) is 26.1. The fourth-order valence-electron chi connectivity index (χ4n) is 3.31. The van der Waals surface area contributed by atoms with Crippen LogP contribution in [0.4, 0.5) is 0 Å². The van der Waals surface area contributed by atoms with E-state index >= 15 is 0 Å². The van der Waals surface area contributed by atoms with Gasteiger partial charge in [-0.25, -0.2) is 0 Å². The normalized spacial score (nSPS) is 17.8. The molecule has 156 valence electrons. The summed E-state index contributed by atoms with van der Waals surface area (Å²) in [7, 11) is 0. The Hall–Kier alpha value is -1.88. The molecule has 28 heavy (non-hydrogen) atoms. The lowest BCUT2D eigenvalue weighted by molar-refractivity contribution is -0.124. The lowest BCUT2D eigenvalue weighted by Gasteiger charge is -2.38. The van der Waals surface area contributed by atoms with Gasteiger partial charge >= 0.3 is 0 Å². The molecule has 1 aromatic carbocycles. The van der Waals surface area contributed by atoms with Crippen LogP contribution in [0.2, 0.25) is 0 Å². The van der Waals surface area contributed by atoms with Crippen LogP contribution in [0.5, 0.6) is 0 Å². The van der Waals surface area contributed by atoms with Gasteiger partial charge in [0.2, 0.25) is 0 Å². The predicted molar refractivity (Wildman–Crippen MR) is 121 cm³/mol. The van der Waals surface area contributed by atoms with Crippen LogP contribution in [0.3, 0.4) is 0 Å². The molecule has 2 nitrogen and oxygen atoms in total. The molecule has 0 aromatic heterocycles. The Morgan fingerprint density at radius 2 is 1.89 bits per heavy atom. The first-order valence-electron chi connectivity index (χ1n) is 10.8. The summed E-state index contributed by atoms with van der Waals surface area (Å²) in [6, 6.07) is 7.79. The number of carbonyl (C=O) groups is 1. The zero-order chi connectivity index (χ0) is 21.6. The van der Waals surface area contributed by atoms with Crippen LogP contribution >= 0.6 is 0 Å². The molecule has 1 aliphatic rings. The van der Waals surface area contributed by atoms with Gasteiger partial charge in [0.15, 0.2) is 0 Å². The summed E-state index contributed by atoms with van der Waals surface area (Å²) >= 11 is 0. The molecule has 0 aliphatic heterocycles. The van der Waals surface area contributed by atoms with Crippen LogP contribution in [-0.2, 0) is 4.79 Å². The molecule has 2 rings (SSSR count). The highest BCUT2D eigenvalue weighted by molar-refractivity contribution is 5.79. The topological polar surface area (TPSA) is 40.9 Å². The third-order valence-corrected chi connectivity index (χ3v) is 5.64. The second-order valence-corrected chi connectivity index (χ2v) is 8.46. The Morgan fingerprint density at radius 3 is 2.36 bits per heavy atom. The molecule has 0 radical (unpaired) electrons. The number of hydrogen-bond acceptors (Lipinski definition) is 2. The van der Waals surface area contributed by atoms with Crippen molar-refractivity contribution in [3.8, 4) is 6.07 Å². The first-order valence-corrected chi connectivity index (χ1v) is 10.8. The summed E-state index contributed by atoms with van der Waals surface area (Å²) in [5.74, 6) is 1.13. The fraction of sp³-hybridized carbons (Fsp3) is 0.615. The highest BCUT2D eigenvalue weighted by atomic mass is 16.1. The molecule has 0 bridgehead atoms. The van der Waals surface area contributed by atoms with Crippen LogP contribution in [0, 0.1) is 36.5 Å². The Balaban J connectivity index is 0.000000431. The van der Waals surface area contributed by atoms with E-state index in [1.165, 1.54) is 30.4 Å². The lowest BCUT2D eigenvalue weighted by atomic mass is 9.67. The average molecular weight is 384 g/mol. The van der Waals surface area contributed by atoms with Crippen LogP contribution < -0.4 is 0 Å². The molecule has 0 spiro atoms. The van der Waals surface area contributed by atoms with Gasteiger partial charge in [-0.2, -0.15) is 5.26 Å². The molecular weight excluding hydrogens is 342 g/mol. The summed E-state index contributed by atoms with van der Waals surface area (Å²) in [5, 5.41) is 8.50. The van der Waals surface area contributed by atoms with Crippen molar-refractivity contribution in [2.24, 2.45) is 11.3 Å². The van der Waals surface area contributed by atoms with Gasteiger partial charge in [-0.05, 0) is 74.6 Å². The molecule has 0 heterocycles. The number of nitrogens with zero attached hydrogens (tertiary/aromatic N) is 1. The summed E-state index contributed by atoms with van der Waals surface area (Å²) in [4.78, 5) is 11.3. The van der Waals surface area contributed by atoms with Crippen molar-refractivity contribution in [2.45, 2.75) is 93.4 Å². The number of rotatable bonds is 4. The molecule has 1 atom stereocenters. The highest BCUT2D eigenvalue weighted by Crippen LogP contribution is 2.41. The largest absolute Gasteiger partial charge is 0.300 e. The monoisotopic (exact) mass is 383 g/mol. The molecule has 0 amide bonds. The van der Waals surface area contributed by atoms with Crippen molar-refractivity contribution in [1.82, 2.24) is 0 Å². The molecule has 2 heteroatoms. The molecule has 0 N–H and O–H groups in total. The SMILES string of the molecule is C/C=C/CC.CCCCC1CC(=O)CCC1(C)C.Cc1ccc(C#N)cc1C. The lowest BCUT2D eigenvalue weighted by Crippen LogP contribution is -2.31. The van der Waals surface area contributed by atoms with Crippen molar-refractivity contribution in [1.29, 1.82) is 5.26 Å². The highest BCUT2D eigenvalue weighted by Gasteiger charge is 2.34. The Bertz CT molecular complexity index is 649. The van der Waals surface area contributed by atoms with Gasteiger partial charge in [-0.3, -0.25) is 4.79 Å². The maximum atomic E-state index is 11.3. The third kappa shape index (κ3) is 10.5. The van der Waals surface area contributed by atoms with Crippen LogP contribution in [0.25, 0.3) is 0 Å². The van der Waals surface area contributed by atoms with Gasteiger partial charge < -0.3 is 0 Å². The number of carbonyl (C=O) groups excluding carboxylic acids is 1. The molecule has 1 aliphatic carbocycles. The van der Waals surface area contributed by atoms with E-state index in [0.717, 1.165) is 31.2 Å². The molecule has 0 saturated heterocycles. The molecule has 1 fully saturated rings. The number of Topliss-reactive ketones (excluding diaryl/α,β-unsaturated/α-hetero) is 1. The van der Waals surface area contributed by atoms with Crippen LogP contribution in [0.15, 0.2) is 30.4 Å². The Labute approximate surface area is 174 Å². The molecule has 1 saturated carbocycles. The maximum Gasteiger partial charge on any atom is 0.133 e. The molecular formula is C26H41NO. The average Bonchev–Trinajstić information content (AvgIpc) is 2.66. The smallest absolute Gasteiger partial charge is 0.133 e. The van der Waals surface area contributed by atoms with E-state index in [1.807, 2.05) is 39.0 Å². The van der Waals surface area contributed by atoms with E-state index in [-0.39, 0.29) is 0 Å². The van der Waals surface area contributed by atoms with Crippen LogP contribution in [-0.4, -0.2) is 5.78 Å². The van der Waals surface area contributed by atoms with Gasteiger partial charge in [0.25, 0.3) is 0 Å². The predicted octanol–water partition coefficient (Wildman–Crippen LogP) is 7.72. The van der Waals surface area contributed by atoms with Crippen molar-refractivity contribution < 1.29 is 4.79 Å². The summed E-state index contributed by atoms with van der Waals surface area (Å²) in [6.07, 6.45) is 11.9. The Morgan fingerprint density at radius 1 is 1.21 bits per heavy atom. The van der Waals surface area contributed by atoms with Gasteiger partial charge in [-0.1, -0.05) is 58.8 Å². The van der Waals surface area contributed by atoms with Gasteiger partial charge in [0, 0.05) is 12.8 Å². The number of hydrogen-bond donors (Lipinski definition) is 0. The molecule has 1 unspecified atom stereocenters. The molecule has 1 aromatic rings. The number of ketones is 1. The number of aryl methyl sites for hydroxylation is 2. The quantitative estimate of drug-likeness (QED) is 0.499. The van der Waals surface area contributed by atoms with E-state index in [9.17, 15) is 4.79 Å². The zero-order valence-electron chi connectivity index (χ0n) is 19.3. The van der Waals surface area contributed by atoms with E-state index < -0.39 is 0 Å². The van der Waals surface area contributed by atoms with Crippen LogP contribution in [0.1, 0.15) is 96.3 Å². The van der Waals surface area contributed by atoms with E-state index in [4.69, 9.17) is 5.26 Å². The Kier molecular flexibility index (Phi) is 13.2. The standard InChI is InChI=1S/C12H22O.C9H9N.C5H10/c1-4-5-6-10-9-11(13)7-8-12(10,2)3;1-7-3-4-9(6-10)5-8(7)2;1-3-5-4-2/h10H,4-9H2,1-3H3;3-5H,1-2H3;3,5H,4H2,1-2H3/b;;5-3+. The van der Waals surface area contributed by atoms with Gasteiger partial charge in [0.05, 0.1) is 11.6 Å². The number of allylic oxidation sites excluding steroid dienone is 2. The summed E-state index contributed by atoms with van der Waals surface area (Å²) in [5.41, 5.74) is 3.56. The zero-order valence-corrected chi connectivity index (χ0v) is 19.3. The second kappa shape index (κ2) is 14.2. The van der Waals surface area contributed by atoms with Crippen molar-refractivity contribution in [3.63, 3.8) is 0 Å². The second-order valence-electron chi connectivity index (χ2n) is 8.46. The van der Waals surface area contributed by atoms with Gasteiger partial charge in [0.1, 0.15) is 5.78 Å². The minimum atomic E-state index is 0.406. The summed E-state index contributed by atoms with van der Waals surface area (Å²) < 4.78 is 0. The van der Waals surface area contributed by atoms with E-state index in [2.05, 4.69) is 45.9 Å². The van der Waals surface area contributed by atoms with Gasteiger partial charge in [-0.15, -0.1) is 0 Å². The fourth-order valence-corrected chi connectivity index (χ4v) is 3.31. The van der Waals surface area contributed by atoms with E-state index in [0.29, 0.717) is 17.1 Å². The number of unbranched alkanes of at least 4 members (excludes halogenated alkanes) is 1. The van der Waals surface area contributed by atoms with Crippen molar-refractivity contribution in [3.05, 3.63) is 47.0 Å². The third-order valence-electron chi connectivity index (χ3n) is 5.64. The number of nitriles is 1. The summed E-state index contributed by atoms with van der Waals surface area (Å²) in [6.45, 7) is 15.1. The minimum Gasteiger partial charge on any atom is -0.300 e. The first-order chi connectivity index (χ1) is 13.2. The van der Waals surface area contributed by atoms with Crippen molar-refractivity contribution >= 4 is 5.78 Å². The maximum absolute atomic E-state index is 11.3. The minimum absolute atomic E-state index is 0.406. The van der Waals surface area contributed by atoms with Crippen molar-refractivity contribution in [2.75, 3.05) is 0 Å². The van der Waals surface area contributed by atoms with E-state index in [1.54, 1.807) is 0 Å².